The Kier molecular flexibility index (Phi) is 5.39. The first-order valence-electron chi connectivity index (χ1n) is 10.5. The molecule has 5 heteroatoms. The fourth-order valence-electron chi connectivity index (χ4n) is 4.39. The lowest BCUT2D eigenvalue weighted by Crippen LogP contribution is -2.44. The average molecular weight is 394 g/mol. The minimum atomic E-state index is -0.231. The van der Waals surface area contributed by atoms with Crippen LogP contribution in [0.15, 0.2) is 36.5 Å². The van der Waals surface area contributed by atoms with Crippen molar-refractivity contribution < 1.29 is 9.18 Å². The predicted molar refractivity (Wildman–Crippen MR) is 113 cm³/mol. The van der Waals surface area contributed by atoms with Crippen molar-refractivity contribution in [3.8, 4) is 11.3 Å². The summed E-state index contributed by atoms with van der Waals surface area (Å²) in [5, 5.41) is 0. The van der Waals surface area contributed by atoms with Gasteiger partial charge in [-0.3, -0.25) is 4.79 Å². The van der Waals surface area contributed by atoms with Crippen molar-refractivity contribution in [3.63, 3.8) is 0 Å². The van der Waals surface area contributed by atoms with Crippen LogP contribution >= 0.6 is 0 Å². The maximum Gasteiger partial charge on any atom is 0.228 e. The molecule has 29 heavy (non-hydrogen) atoms. The number of imidazole rings is 1. The van der Waals surface area contributed by atoms with Crippen LogP contribution in [0.5, 0.6) is 0 Å². The van der Waals surface area contributed by atoms with E-state index in [1.54, 1.807) is 13.0 Å². The normalized spacial score (nSPS) is 17.1. The van der Waals surface area contributed by atoms with Crippen LogP contribution in [0.3, 0.4) is 0 Å². The number of piperidine rings is 1. The van der Waals surface area contributed by atoms with Crippen molar-refractivity contribution in [3.05, 3.63) is 59.2 Å². The number of carbonyl (C=O) groups is 1. The number of pyridine rings is 1. The van der Waals surface area contributed by atoms with Gasteiger partial charge in [-0.15, -0.1) is 0 Å². The van der Waals surface area contributed by atoms with Gasteiger partial charge in [-0.1, -0.05) is 13.0 Å². The fourth-order valence-corrected chi connectivity index (χ4v) is 4.39. The van der Waals surface area contributed by atoms with Crippen molar-refractivity contribution >= 4 is 11.6 Å². The first-order valence-corrected chi connectivity index (χ1v) is 10.5. The molecule has 0 bridgehead atoms. The molecule has 2 aromatic heterocycles. The van der Waals surface area contributed by atoms with Gasteiger partial charge in [-0.25, -0.2) is 9.37 Å². The molecule has 0 aliphatic carbocycles. The van der Waals surface area contributed by atoms with E-state index in [9.17, 15) is 9.18 Å². The summed E-state index contributed by atoms with van der Waals surface area (Å²) in [6.07, 6.45) is 6.65. The monoisotopic (exact) mass is 393 g/mol. The Hall–Kier alpha value is -2.69. The Bertz CT molecular complexity index is 1060. The Morgan fingerprint density at radius 1 is 1.21 bits per heavy atom. The number of carbonyl (C=O) groups excluding carboxylic acids is 1. The number of nitrogens with zero attached hydrogens (tertiary/aromatic N) is 3. The molecule has 3 aromatic rings. The zero-order valence-electron chi connectivity index (χ0n) is 17.4. The summed E-state index contributed by atoms with van der Waals surface area (Å²) in [6, 6.07) is 9.36. The Morgan fingerprint density at radius 2 is 2.03 bits per heavy atom. The van der Waals surface area contributed by atoms with E-state index in [1.165, 1.54) is 12.5 Å². The summed E-state index contributed by atoms with van der Waals surface area (Å²) in [4.78, 5) is 20.1. The van der Waals surface area contributed by atoms with Gasteiger partial charge in [0.1, 0.15) is 11.5 Å². The maximum absolute atomic E-state index is 13.8. The molecule has 1 saturated heterocycles. The third-order valence-electron chi connectivity index (χ3n) is 6.03. The highest BCUT2D eigenvalue weighted by Gasteiger charge is 2.27. The summed E-state index contributed by atoms with van der Waals surface area (Å²) >= 11 is 0. The topological polar surface area (TPSA) is 37.6 Å². The van der Waals surface area contributed by atoms with Crippen LogP contribution in [-0.4, -0.2) is 32.8 Å². The summed E-state index contributed by atoms with van der Waals surface area (Å²) < 4.78 is 15.8. The van der Waals surface area contributed by atoms with E-state index < -0.39 is 0 Å². The van der Waals surface area contributed by atoms with Crippen molar-refractivity contribution in [1.29, 1.82) is 0 Å². The second-order valence-electron chi connectivity index (χ2n) is 8.13. The van der Waals surface area contributed by atoms with E-state index in [0.29, 0.717) is 18.0 Å². The zero-order valence-corrected chi connectivity index (χ0v) is 17.4. The first-order chi connectivity index (χ1) is 14.0. The highest BCUT2D eigenvalue weighted by molar-refractivity contribution is 5.82. The number of hydrogen-bond acceptors (Lipinski definition) is 2. The quantitative estimate of drug-likeness (QED) is 0.619. The van der Waals surface area contributed by atoms with E-state index >= 15 is 0 Å². The molecule has 1 aliphatic rings. The minimum absolute atomic E-state index is 0.153. The van der Waals surface area contributed by atoms with E-state index in [-0.39, 0.29) is 11.7 Å². The molecule has 0 spiro atoms. The molecule has 4 nitrogen and oxygen atoms in total. The standard InChI is InChI=1S/C24H28FN3O/c1-4-19-7-5-6-12-27(19)23(29)14-21-24(18-9-10-20(25)17(3)13-18)26-22-11-8-16(2)15-28(21)22/h8-11,13,15,19H,4-7,12,14H2,1-3H3. The molecular weight excluding hydrogens is 365 g/mol. The van der Waals surface area contributed by atoms with E-state index in [2.05, 4.69) is 11.8 Å². The number of benzene rings is 1. The SMILES string of the molecule is CCC1CCCCN1C(=O)Cc1c(-c2ccc(F)c(C)c2)nc2ccc(C)cn12. The summed E-state index contributed by atoms with van der Waals surface area (Å²) in [6.45, 7) is 6.77. The molecule has 1 fully saturated rings. The number of hydrogen-bond donors (Lipinski definition) is 0. The van der Waals surface area contributed by atoms with E-state index in [0.717, 1.165) is 54.0 Å². The van der Waals surface area contributed by atoms with Gasteiger partial charge in [0.2, 0.25) is 5.91 Å². The summed E-state index contributed by atoms with van der Waals surface area (Å²) in [5.41, 5.74) is 4.97. The maximum atomic E-state index is 13.8. The van der Waals surface area contributed by atoms with Crippen LogP contribution in [0.1, 0.15) is 49.4 Å². The second kappa shape index (κ2) is 7.97. The average Bonchev–Trinajstić information content (AvgIpc) is 3.07. The molecule has 1 aromatic carbocycles. The van der Waals surface area contributed by atoms with Crippen LogP contribution in [0.4, 0.5) is 4.39 Å². The third-order valence-corrected chi connectivity index (χ3v) is 6.03. The fraction of sp³-hybridized carbons (Fsp3) is 0.417. The van der Waals surface area contributed by atoms with Crippen molar-refractivity contribution in [2.24, 2.45) is 0 Å². The van der Waals surface area contributed by atoms with Gasteiger partial charge in [0.15, 0.2) is 0 Å². The number of halogens is 1. The summed E-state index contributed by atoms with van der Waals surface area (Å²) in [7, 11) is 0. The molecule has 1 aliphatic heterocycles. The lowest BCUT2D eigenvalue weighted by molar-refractivity contribution is -0.134. The van der Waals surface area contributed by atoms with Gasteiger partial charge in [-0.2, -0.15) is 0 Å². The van der Waals surface area contributed by atoms with Crippen molar-refractivity contribution in [2.75, 3.05) is 6.54 Å². The van der Waals surface area contributed by atoms with Crippen LogP contribution in [-0.2, 0) is 11.2 Å². The highest BCUT2D eigenvalue weighted by Crippen LogP contribution is 2.28. The summed E-state index contributed by atoms with van der Waals surface area (Å²) in [5.74, 6) is -0.0787. The molecule has 1 unspecified atom stereocenters. The molecule has 0 radical (unpaired) electrons. The molecule has 4 rings (SSSR count). The van der Waals surface area contributed by atoms with Crippen LogP contribution in [0.25, 0.3) is 16.9 Å². The number of rotatable bonds is 4. The lowest BCUT2D eigenvalue weighted by atomic mass is 9.99. The number of aromatic nitrogens is 2. The molecular formula is C24H28FN3O. The number of fused-ring (bicyclic) bond motifs is 1. The van der Waals surface area contributed by atoms with Gasteiger partial charge in [0.05, 0.1) is 17.8 Å². The van der Waals surface area contributed by atoms with Gasteiger partial charge < -0.3 is 9.30 Å². The van der Waals surface area contributed by atoms with Crippen LogP contribution in [0, 0.1) is 19.7 Å². The molecule has 1 amide bonds. The van der Waals surface area contributed by atoms with Gasteiger partial charge >= 0.3 is 0 Å². The van der Waals surface area contributed by atoms with Gasteiger partial charge in [0, 0.05) is 24.3 Å². The molecule has 152 valence electrons. The van der Waals surface area contributed by atoms with Gasteiger partial charge in [-0.05, 0) is 74.9 Å². The largest absolute Gasteiger partial charge is 0.339 e. The second-order valence-corrected chi connectivity index (χ2v) is 8.13. The Morgan fingerprint density at radius 3 is 2.79 bits per heavy atom. The van der Waals surface area contributed by atoms with Crippen LogP contribution < -0.4 is 0 Å². The van der Waals surface area contributed by atoms with Crippen LogP contribution in [0.2, 0.25) is 0 Å². The third kappa shape index (κ3) is 3.78. The zero-order chi connectivity index (χ0) is 20.5. The molecule has 0 N–H and O–H groups in total. The molecule has 1 atom stereocenters. The number of aryl methyl sites for hydroxylation is 2. The Labute approximate surface area is 171 Å². The number of amides is 1. The van der Waals surface area contributed by atoms with E-state index in [1.807, 2.05) is 35.7 Å². The molecule has 3 heterocycles. The smallest absolute Gasteiger partial charge is 0.228 e. The minimum Gasteiger partial charge on any atom is -0.339 e. The van der Waals surface area contributed by atoms with Crippen molar-refractivity contribution in [2.45, 2.75) is 58.9 Å². The predicted octanol–water partition coefficient (Wildman–Crippen LogP) is 5.09. The van der Waals surface area contributed by atoms with Crippen molar-refractivity contribution in [1.82, 2.24) is 14.3 Å². The first kappa shape index (κ1) is 19.6. The molecule has 0 saturated carbocycles. The Balaban J connectivity index is 1.78. The highest BCUT2D eigenvalue weighted by atomic mass is 19.1. The van der Waals surface area contributed by atoms with E-state index in [4.69, 9.17) is 4.98 Å². The number of likely N-dealkylation sites (tertiary alicyclic amines) is 1. The van der Waals surface area contributed by atoms with Gasteiger partial charge in [0.25, 0.3) is 0 Å². The lowest BCUT2D eigenvalue weighted by Gasteiger charge is -2.35.